The molecule has 1 aromatic heterocycles. The third kappa shape index (κ3) is 3.45. The first-order chi connectivity index (χ1) is 12.0. The van der Waals surface area contributed by atoms with Crippen molar-refractivity contribution < 1.29 is 13.6 Å². The van der Waals surface area contributed by atoms with Gasteiger partial charge in [0, 0.05) is 41.7 Å². The van der Waals surface area contributed by atoms with Gasteiger partial charge >= 0.3 is 0 Å². The molecule has 0 bridgehead atoms. The van der Waals surface area contributed by atoms with Crippen LogP contribution in [0.1, 0.15) is 22.3 Å². The third-order valence-corrected chi connectivity index (χ3v) is 4.18. The van der Waals surface area contributed by atoms with E-state index >= 15 is 0 Å². The van der Waals surface area contributed by atoms with E-state index in [1.54, 1.807) is 6.20 Å². The normalized spacial score (nSPS) is 14.6. The second kappa shape index (κ2) is 6.88. The number of nitrogens with zero attached hydrogens (tertiary/aromatic N) is 2. The van der Waals surface area contributed by atoms with Crippen molar-refractivity contribution in [3.05, 3.63) is 70.7 Å². The molecule has 130 valence electrons. The zero-order chi connectivity index (χ0) is 18.0. The third-order valence-electron chi connectivity index (χ3n) is 4.18. The fourth-order valence-corrected chi connectivity index (χ4v) is 2.75. The Labute approximate surface area is 144 Å². The molecule has 0 fully saturated rings. The molecule has 2 heterocycles. The van der Waals surface area contributed by atoms with Crippen LogP contribution in [0, 0.1) is 18.6 Å². The first kappa shape index (κ1) is 16.9. The number of hydrogen-bond donors (Lipinski definition) is 2. The van der Waals surface area contributed by atoms with Crippen LogP contribution < -0.4 is 11.1 Å². The van der Waals surface area contributed by atoms with E-state index in [0.717, 1.165) is 11.8 Å². The molecule has 3 rings (SSSR count). The van der Waals surface area contributed by atoms with Gasteiger partial charge in [0.15, 0.2) is 11.6 Å². The Bertz CT molecular complexity index is 836. The molecule has 2 aromatic rings. The molecular formula is C18H18F2N4O. The van der Waals surface area contributed by atoms with E-state index in [-0.39, 0.29) is 23.6 Å². The molecule has 1 aliphatic heterocycles. The summed E-state index contributed by atoms with van der Waals surface area (Å²) < 4.78 is 26.9. The summed E-state index contributed by atoms with van der Waals surface area (Å²) in [6.07, 6.45) is 2.19. The fraction of sp³-hybridized carbons (Fsp3) is 0.222. The molecule has 0 unspecified atom stereocenters. The van der Waals surface area contributed by atoms with Crippen LogP contribution in [-0.2, 0) is 0 Å². The van der Waals surface area contributed by atoms with Crippen LogP contribution in [0.4, 0.5) is 14.6 Å². The molecule has 0 aliphatic carbocycles. The van der Waals surface area contributed by atoms with Gasteiger partial charge in [-0.05, 0) is 31.2 Å². The molecule has 1 amide bonds. The van der Waals surface area contributed by atoms with Gasteiger partial charge in [0.1, 0.15) is 5.82 Å². The Morgan fingerprint density at radius 1 is 1.28 bits per heavy atom. The van der Waals surface area contributed by atoms with Gasteiger partial charge in [0.05, 0.1) is 6.54 Å². The van der Waals surface area contributed by atoms with Gasteiger partial charge in [-0.3, -0.25) is 4.79 Å². The summed E-state index contributed by atoms with van der Waals surface area (Å²) in [5.41, 5.74) is 7.57. The highest BCUT2D eigenvalue weighted by Gasteiger charge is 2.25. The van der Waals surface area contributed by atoms with Crippen LogP contribution in [0.25, 0.3) is 0 Å². The van der Waals surface area contributed by atoms with E-state index in [1.807, 2.05) is 18.2 Å². The highest BCUT2D eigenvalue weighted by atomic mass is 19.2. The van der Waals surface area contributed by atoms with Gasteiger partial charge in [-0.25, -0.2) is 13.8 Å². The maximum Gasteiger partial charge on any atom is 0.254 e. The van der Waals surface area contributed by atoms with Crippen LogP contribution in [0.5, 0.6) is 0 Å². The van der Waals surface area contributed by atoms with Gasteiger partial charge in [-0.1, -0.05) is 6.07 Å². The topological polar surface area (TPSA) is 71.2 Å². The summed E-state index contributed by atoms with van der Waals surface area (Å²) in [4.78, 5) is 18.3. The minimum absolute atomic E-state index is 0.00459. The van der Waals surface area contributed by atoms with Crippen molar-refractivity contribution >= 4 is 11.7 Å². The molecule has 0 radical (unpaired) electrons. The van der Waals surface area contributed by atoms with E-state index in [0.29, 0.717) is 24.5 Å². The summed E-state index contributed by atoms with van der Waals surface area (Å²) in [6.45, 7) is 2.03. The monoisotopic (exact) mass is 344 g/mol. The maximum absolute atomic E-state index is 13.7. The van der Waals surface area contributed by atoms with Crippen molar-refractivity contribution in [2.24, 2.45) is 5.73 Å². The quantitative estimate of drug-likeness (QED) is 0.898. The first-order valence-corrected chi connectivity index (χ1v) is 7.87. The molecule has 25 heavy (non-hydrogen) atoms. The van der Waals surface area contributed by atoms with Crippen molar-refractivity contribution in [3.8, 4) is 0 Å². The predicted octanol–water partition coefficient (Wildman–Crippen LogP) is 2.80. The Hall–Kier alpha value is -2.96. The van der Waals surface area contributed by atoms with E-state index in [1.165, 1.54) is 17.9 Å². The Balaban J connectivity index is 1.76. The number of hydrogen-bond acceptors (Lipinski definition) is 4. The van der Waals surface area contributed by atoms with Gasteiger partial charge in [-0.15, -0.1) is 0 Å². The van der Waals surface area contributed by atoms with E-state index in [4.69, 9.17) is 5.73 Å². The lowest BCUT2D eigenvalue weighted by Crippen LogP contribution is -2.40. The molecule has 7 heteroatoms. The summed E-state index contributed by atoms with van der Waals surface area (Å²) in [7, 11) is 0. The Morgan fingerprint density at radius 3 is 2.76 bits per heavy atom. The average molecular weight is 344 g/mol. The van der Waals surface area contributed by atoms with E-state index in [9.17, 15) is 13.6 Å². The summed E-state index contributed by atoms with van der Waals surface area (Å²) >= 11 is 0. The SMILES string of the molecule is Cc1c(C(=O)N2CCC(Nc3ccccn3)=C(N)C2)ccc(F)c1F. The van der Waals surface area contributed by atoms with Gasteiger partial charge in [0.2, 0.25) is 0 Å². The molecule has 5 nitrogen and oxygen atoms in total. The number of nitrogens with one attached hydrogen (secondary N) is 1. The molecule has 0 spiro atoms. The van der Waals surface area contributed by atoms with E-state index in [2.05, 4.69) is 10.3 Å². The highest BCUT2D eigenvalue weighted by molar-refractivity contribution is 5.96. The zero-order valence-corrected chi connectivity index (χ0v) is 13.7. The van der Waals surface area contributed by atoms with Gasteiger partial charge < -0.3 is 16.0 Å². The number of benzene rings is 1. The first-order valence-electron chi connectivity index (χ1n) is 7.87. The van der Waals surface area contributed by atoms with Crippen LogP contribution in [0.3, 0.4) is 0 Å². The smallest absolute Gasteiger partial charge is 0.254 e. The zero-order valence-electron chi connectivity index (χ0n) is 13.7. The molecule has 0 saturated heterocycles. The number of aromatic nitrogens is 1. The lowest BCUT2D eigenvalue weighted by atomic mass is 10.0. The van der Waals surface area contributed by atoms with Crippen LogP contribution in [0.2, 0.25) is 0 Å². The van der Waals surface area contributed by atoms with Crippen molar-refractivity contribution in [2.45, 2.75) is 13.3 Å². The molecular weight excluding hydrogens is 326 g/mol. The highest BCUT2D eigenvalue weighted by Crippen LogP contribution is 2.22. The average Bonchev–Trinajstić information content (AvgIpc) is 2.62. The van der Waals surface area contributed by atoms with Gasteiger partial charge in [0.25, 0.3) is 5.91 Å². The van der Waals surface area contributed by atoms with Crippen molar-refractivity contribution in [3.63, 3.8) is 0 Å². The summed E-state index contributed by atoms with van der Waals surface area (Å²) in [6, 6.07) is 7.76. The number of carbonyl (C=O) groups is 1. The van der Waals surface area contributed by atoms with Crippen LogP contribution in [-0.4, -0.2) is 28.9 Å². The molecule has 0 saturated carbocycles. The second-order valence-electron chi connectivity index (χ2n) is 5.85. The van der Waals surface area contributed by atoms with Gasteiger partial charge in [-0.2, -0.15) is 0 Å². The standard InChI is InChI=1S/C18H18F2N4O/c1-11-12(5-6-13(19)17(11)20)18(25)24-9-7-15(14(21)10-24)23-16-4-2-3-8-22-16/h2-6,8H,7,9-10,21H2,1H3,(H,22,23). The van der Waals surface area contributed by atoms with Crippen LogP contribution in [0.15, 0.2) is 47.9 Å². The van der Waals surface area contributed by atoms with Crippen LogP contribution >= 0.6 is 0 Å². The number of halogens is 2. The summed E-state index contributed by atoms with van der Waals surface area (Å²) in [5, 5.41) is 3.15. The number of pyridine rings is 1. The van der Waals surface area contributed by atoms with Crippen molar-refractivity contribution in [1.82, 2.24) is 9.88 Å². The number of rotatable bonds is 3. The lowest BCUT2D eigenvalue weighted by Gasteiger charge is -2.30. The summed E-state index contributed by atoms with van der Waals surface area (Å²) in [5.74, 6) is -1.65. The molecule has 1 aliphatic rings. The number of carbonyl (C=O) groups excluding carboxylic acids is 1. The molecule has 3 N–H and O–H groups in total. The Morgan fingerprint density at radius 2 is 2.08 bits per heavy atom. The largest absolute Gasteiger partial charge is 0.399 e. The number of amides is 1. The lowest BCUT2D eigenvalue weighted by molar-refractivity contribution is 0.0761. The Kier molecular flexibility index (Phi) is 4.65. The van der Waals surface area contributed by atoms with E-state index < -0.39 is 11.6 Å². The second-order valence-corrected chi connectivity index (χ2v) is 5.85. The fourth-order valence-electron chi connectivity index (χ4n) is 2.75. The maximum atomic E-state index is 13.7. The van der Waals surface area contributed by atoms with Crippen molar-refractivity contribution in [2.75, 3.05) is 18.4 Å². The molecule has 1 aromatic carbocycles. The predicted molar refractivity (Wildman–Crippen MR) is 90.7 cm³/mol. The van der Waals surface area contributed by atoms with Crippen molar-refractivity contribution in [1.29, 1.82) is 0 Å². The molecule has 0 atom stereocenters. The number of nitrogens with two attached hydrogens (primary N) is 1. The number of anilines is 1. The minimum Gasteiger partial charge on any atom is -0.399 e. The minimum atomic E-state index is -0.996.